The van der Waals surface area contributed by atoms with E-state index < -0.39 is 27.0 Å². The topological polar surface area (TPSA) is 140 Å². The van der Waals surface area contributed by atoms with Gasteiger partial charge in [0.05, 0.1) is 28.2 Å². The summed E-state index contributed by atoms with van der Waals surface area (Å²) in [6.45, 7) is 1.83. The number of benzene rings is 4. The van der Waals surface area contributed by atoms with Crippen molar-refractivity contribution in [2.75, 3.05) is 5.32 Å². The van der Waals surface area contributed by atoms with E-state index >= 15 is 0 Å². The lowest BCUT2D eigenvalue weighted by Gasteiger charge is -2.17. The van der Waals surface area contributed by atoms with Gasteiger partial charge in [-0.1, -0.05) is 48.2 Å². The molecule has 3 N–H and O–H groups in total. The van der Waals surface area contributed by atoms with Crippen molar-refractivity contribution in [3.63, 3.8) is 0 Å². The summed E-state index contributed by atoms with van der Waals surface area (Å²) in [7, 11) is -3.96. The molecule has 0 radical (unpaired) electrons. The third-order valence-electron chi connectivity index (χ3n) is 7.23. The molecule has 1 aromatic heterocycles. The van der Waals surface area contributed by atoms with Crippen LogP contribution in [0, 0.1) is 12.7 Å². The maximum atomic E-state index is 14.3. The van der Waals surface area contributed by atoms with Crippen LogP contribution in [0.2, 0.25) is 0 Å². The van der Waals surface area contributed by atoms with Crippen molar-refractivity contribution >= 4 is 61.2 Å². The third-order valence-corrected chi connectivity index (χ3v) is 9.31. The SMILES string of the molecule is Cc1ccc(N=C2SC(CC(=O)Nc3cccc(S(N)(=O)=O)c3)C(=O)N2Cc2ccc(-n3cnc4ccccc43)cc2)cc1F. The second-order valence-electron chi connectivity index (χ2n) is 10.5. The van der Waals surface area contributed by atoms with E-state index in [1.807, 2.05) is 53.1 Å². The molecule has 1 fully saturated rings. The number of aromatic nitrogens is 2. The number of hydrogen-bond acceptors (Lipinski definition) is 7. The molecule has 0 saturated carbocycles. The van der Waals surface area contributed by atoms with Crippen molar-refractivity contribution in [3.05, 3.63) is 114 Å². The van der Waals surface area contributed by atoms with Gasteiger partial charge in [0.2, 0.25) is 21.8 Å². The summed E-state index contributed by atoms with van der Waals surface area (Å²) >= 11 is 1.11. The van der Waals surface area contributed by atoms with E-state index in [0.29, 0.717) is 16.4 Å². The molecule has 0 aliphatic carbocycles. The summed E-state index contributed by atoms with van der Waals surface area (Å²) in [6, 6.07) is 25.6. The number of primary sulfonamides is 1. The van der Waals surface area contributed by atoms with Gasteiger partial charge in [-0.05, 0) is 72.6 Å². The molecule has 5 aromatic rings. The number of anilines is 1. The van der Waals surface area contributed by atoms with E-state index in [1.54, 1.807) is 25.4 Å². The standard InChI is InChI=1S/C32H27FN6O4S2/c1-20-9-12-23(16-26(20)33)37-32-38(18-21-10-13-24(14-11-21)39-19-35-27-7-2-3-8-28(27)39)31(41)29(44-32)17-30(40)36-22-5-4-6-25(15-22)45(34,42)43/h2-16,19,29H,17-18H2,1H3,(H,36,40)(H2,34,42,43). The Hall–Kier alpha value is -4.85. The number of nitrogens with one attached hydrogen (secondary N) is 1. The number of sulfonamides is 1. The number of carbonyl (C=O) groups excluding carboxylic acids is 2. The number of aryl methyl sites for hydroxylation is 1. The van der Waals surface area contributed by atoms with Crippen LogP contribution in [-0.2, 0) is 26.2 Å². The first-order valence-corrected chi connectivity index (χ1v) is 16.2. The predicted octanol–water partition coefficient (Wildman–Crippen LogP) is 5.28. The van der Waals surface area contributed by atoms with Crippen LogP contribution in [-0.4, -0.2) is 45.1 Å². The summed E-state index contributed by atoms with van der Waals surface area (Å²) in [5.74, 6) is -1.24. The number of fused-ring (bicyclic) bond motifs is 1. The highest BCUT2D eigenvalue weighted by Crippen LogP contribution is 2.34. The molecule has 1 saturated heterocycles. The van der Waals surface area contributed by atoms with Gasteiger partial charge in [0.1, 0.15) is 17.4 Å². The number of hydrogen-bond donors (Lipinski definition) is 2. The summed E-state index contributed by atoms with van der Waals surface area (Å²) in [5, 5.41) is 7.37. The zero-order valence-electron chi connectivity index (χ0n) is 23.9. The number of amidine groups is 1. The number of carbonyl (C=O) groups is 2. The summed E-state index contributed by atoms with van der Waals surface area (Å²) in [6.07, 6.45) is 1.56. The first-order valence-electron chi connectivity index (χ1n) is 13.8. The molecular formula is C32H27FN6O4S2. The van der Waals surface area contributed by atoms with Gasteiger partial charge in [0.25, 0.3) is 0 Å². The number of aliphatic imine (C=N–C) groups is 1. The van der Waals surface area contributed by atoms with Crippen LogP contribution in [0.4, 0.5) is 15.8 Å². The molecule has 228 valence electrons. The lowest BCUT2D eigenvalue weighted by molar-refractivity contribution is -0.128. The minimum atomic E-state index is -3.96. The molecule has 6 rings (SSSR count). The van der Waals surface area contributed by atoms with E-state index in [4.69, 9.17) is 5.14 Å². The molecule has 13 heteroatoms. The average Bonchev–Trinajstić information content (AvgIpc) is 3.56. The fraction of sp³-hybridized carbons (Fsp3) is 0.125. The van der Waals surface area contributed by atoms with Gasteiger partial charge in [-0.15, -0.1) is 0 Å². The van der Waals surface area contributed by atoms with Crippen LogP contribution in [0.25, 0.3) is 16.7 Å². The number of nitrogens with zero attached hydrogens (tertiary/aromatic N) is 4. The number of nitrogens with two attached hydrogens (primary N) is 1. The second-order valence-corrected chi connectivity index (χ2v) is 13.2. The number of para-hydroxylation sites is 2. The zero-order valence-corrected chi connectivity index (χ0v) is 25.6. The largest absolute Gasteiger partial charge is 0.326 e. The van der Waals surface area contributed by atoms with E-state index in [-0.39, 0.29) is 29.5 Å². The maximum Gasteiger partial charge on any atom is 0.242 e. The molecule has 4 aromatic carbocycles. The summed E-state index contributed by atoms with van der Waals surface area (Å²) in [4.78, 5) is 37.0. The minimum Gasteiger partial charge on any atom is -0.326 e. The highest BCUT2D eigenvalue weighted by Gasteiger charge is 2.39. The van der Waals surface area contributed by atoms with Crippen molar-refractivity contribution < 1.29 is 22.4 Å². The lowest BCUT2D eigenvalue weighted by atomic mass is 10.1. The van der Waals surface area contributed by atoms with Gasteiger partial charge in [0, 0.05) is 17.8 Å². The molecule has 1 unspecified atom stereocenters. The molecule has 1 atom stereocenters. The van der Waals surface area contributed by atoms with Gasteiger partial charge >= 0.3 is 0 Å². The van der Waals surface area contributed by atoms with Crippen LogP contribution in [0.15, 0.2) is 107 Å². The number of rotatable bonds is 8. The molecular weight excluding hydrogens is 616 g/mol. The lowest BCUT2D eigenvalue weighted by Crippen LogP contribution is -2.33. The molecule has 45 heavy (non-hydrogen) atoms. The fourth-order valence-corrected chi connectivity index (χ4v) is 6.59. The Morgan fingerprint density at radius 1 is 1.04 bits per heavy atom. The highest BCUT2D eigenvalue weighted by atomic mass is 32.2. The van der Waals surface area contributed by atoms with Crippen molar-refractivity contribution in [2.45, 2.75) is 30.0 Å². The Bertz CT molecular complexity index is 2080. The minimum absolute atomic E-state index is 0.148. The van der Waals surface area contributed by atoms with E-state index in [0.717, 1.165) is 34.0 Å². The number of thioether (sulfide) groups is 1. The van der Waals surface area contributed by atoms with Gasteiger partial charge in [-0.25, -0.2) is 27.9 Å². The van der Waals surface area contributed by atoms with E-state index in [2.05, 4.69) is 15.3 Å². The first kappa shape index (κ1) is 30.2. The van der Waals surface area contributed by atoms with Crippen LogP contribution in [0.3, 0.4) is 0 Å². The van der Waals surface area contributed by atoms with Crippen molar-refractivity contribution in [3.8, 4) is 5.69 Å². The Kier molecular flexibility index (Phi) is 8.23. The molecule has 10 nitrogen and oxygen atoms in total. The van der Waals surface area contributed by atoms with Crippen LogP contribution in [0.5, 0.6) is 0 Å². The monoisotopic (exact) mass is 642 g/mol. The average molecular weight is 643 g/mol. The van der Waals surface area contributed by atoms with Gasteiger partial charge in [-0.2, -0.15) is 0 Å². The van der Waals surface area contributed by atoms with Crippen molar-refractivity contribution in [1.29, 1.82) is 0 Å². The summed E-state index contributed by atoms with van der Waals surface area (Å²) in [5.41, 5.74) is 4.61. The molecule has 0 bridgehead atoms. The van der Waals surface area contributed by atoms with Crippen molar-refractivity contribution in [2.24, 2.45) is 10.1 Å². The fourth-order valence-electron chi connectivity index (χ4n) is 4.87. The number of halogens is 1. The quantitative estimate of drug-likeness (QED) is 0.236. The highest BCUT2D eigenvalue weighted by molar-refractivity contribution is 8.15. The number of imidazole rings is 1. The number of amides is 2. The smallest absolute Gasteiger partial charge is 0.242 e. The molecule has 2 heterocycles. The van der Waals surface area contributed by atoms with Gasteiger partial charge in [0.15, 0.2) is 5.17 Å². The Morgan fingerprint density at radius 3 is 2.58 bits per heavy atom. The normalized spacial score (nSPS) is 16.1. The molecule has 0 spiro atoms. The second kappa shape index (κ2) is 12.3. The molecule has 1 aliphatic heterocycles. The van der Waals surface area contributed by atoms with Gasteiger partial charge in [-0.3, -0.25) is 19.1 Å². The predicted molar refractivity (Wildman–Crippen MR) is 172 cm³/mol. The van der Waals surface area contributed by atoms with Crippen LogP contribution < -0.4 is 10.5 Å². The molecule has 1 aliphatic rings. The van der Waals surface area contributed by atoms with Gasteiger partial charge < -0.3 is 5.32 Å². The first-order chi connectivity index (χ1) is 21.5. The summed E-state index contributed by atoms with van der Waals surface area (Å²) < 4.78 is 39.7. The maximum absolute atomic E-state index is 14.3. The zero-order chi connectivity index (χ0) is 31.7. The van der Waals surface area contributed by atoms with E-state index in [9.17, 15) is 22.4 Å². The Morgan fingerprint density at radius 2 is 1.82 bits per heavy atom. The molecule has 2 amide bonds. The Labute approximate surface area is 262 Å². The van der Waals surface area contributed by atoms with Crippen LogP contribution in [0.1, 0.15) is 17.5 Å². The van der Waals surface area contributed by atoms with Crippen LogP contribution >= 0.6 is 11.8 Å². The third kappa shape index (κ3) is 6.65. The van der Waals surface area contributed by atoms with E-state index in [1.165, 1.54) is 35.2 Å². The Balaban J connectivity index is 1.23. The van der Waals surface area contributed by atoms with Crippen molar-refractivity contribution in [1.82, 2.24) is 14.5 Å².